The summed E-state index contributed by atoms with van der Waals surface area (Å²) in [7, 11) is 0. The topological polar surface area (TPSA) is 89.2 Å². The summed E-state index contributed by atoms with van der Waals surface area (Å²) in [6, 6.07) is 14.6. The summed E-state index contributed by atoms with van der Waals surface area (Å²) in [4.78, 5) is 28.0. The number of ether oxygens (including phenoxy) is 2. The highest BCUT2D eigenvalue weighted by atomic mass is 16.5. The Morgan fingerprint density at radius 3 is 2.28 bits per heavy atom. The fourth-order valence-electron chi connectivity index (χ4n) is 4.38. The zero-order valence-corrected chi connectivity index (χ0v) is 21.2. The van der Waals surface area contributed by atoms with E-state index in [0.717, 1.165) is 5.56 Å². The van der Waals surface area contributed by atoms with Crippen LogP contribution in [0.5, 0.6) is 11.5 Å². The van der Waals surface area contributed by atoms with Gasteiger partial charge in [0.25, 0.3) is 11.7 Å². The van der Waals surface area contributed by atoms with Crippen LogP contribution < -0.4 is 14.4 Å². The van der Waals surface area contributed by atoms with Gasteiger partial charge in [-0.2, -0.15) is 0 Å². The third-order valence-corrected chi connectivity index (χ3v) is 6.04. The van der Waals surface area contributed by atoms with Gasteiger partial charge in [0.2, 0.25) is 0 Å². The van der Waals surface area contributed by atoms with Crippen molar-refractivity contribution in [3.8, 4) is 11.5 Å². The highest BCUT2D eigenvalue weighted by Gasteiger charge is 2.48. The average Bonchev–Trinajstić information content (AvgIpc) is 3.46. The molecule has 188 valence electrons. The number of benzene rings is 2. The molecule has 7 heteroatoms. The van der Waals surface area contributed by atoms with Crippen molar-refractivity contribution in [2.45, 2.75) is 46.1 Å². The first-order valence-electron chi connectivity index (χ1n) is 12.0. The first kappa shape index (κ1) is 25.1. The molecule has 1 aromatic heterocycles. The smallest absolute Gasteiger partial charge is 0.300 e. The third-order valence-electron chi connectivity index (χ3n) is 6.04. The van der Waals surface area contributed by atoms with E-state index >= 15 is 0 Å². The van der Waals surface area contributed by atoms with Gasteiger partial charge in [-0.15, -0.1) is 0 Å². The second kappa shape index (κ2) is 9.93. The van der Waals surface area contributed by atoms with Crippen LogP contribution in [-0.4, -0.2) is 30.0 Å². The van der Waals surface area contributed by atoms with Gasteiger partial charge in [-0.1, -0.05) is 20.8 Å². The molecule has 7 nitrogen and oxygen atoms in total. The lowest BCUT2D eigenvalue weighted by Crippen LogP contribution is -2.29. The first-order chi connectivity index (χ1) is 17.2. The second-order valence-electron chi connectivity index (χ2n) is 9.51. The van der Waals surface area contributed by atoms with Gasteiger partial charge in [0.05, 0.1) is 25.1 Å². The molecule has 1 saturated heterocycles. The molecule has 1 aliphatic heterocycles. The number of ketones is 1. The molecule has 1 atom stereocenters. The van der Waals surface area contributed by atoms with E-state index in [1.54, 1.807) is 48.5 Å². The minimum atomic E-state index is -0.928. The van der Waals surface area contributed by atoms with Crippen molar-refractivity contribution >= 4 is 23.1 Å². The molecule has 0 spiro atoms. The summed E-state index contributed by atoms with van der Waals surface area (Å²) in [6.45, 7) is 10.9. The summed E-state index contributed by atoms with van der Waals surface area (Å²) in [6.07, 6.45) is 1.47. The van der Waals surface area contributed by atoms with Gasteiger partial charge in [0.1, 0.15) is 29.1 Å². The van der Waals surface area contributed by atoms with Gasteiger partial charge in [0, 0.05) is 16.8 Å². The number of hydrogen-bond acceptors (Lipinski definition) is 6. The van der Waals surface area contributed by atoms with Gasteiger partial charge in [-0.25, -0.2) is 0 Å². The van der Waals surface area contributed by atoms with Crippen molar-refractivity contribution in [1.82, 2.24) is 0 Å². The maximum Gasteiger partial charge on any atom is 0.300 e. The van der Waals surface area contributed by atoms with Crippen molar-refractivity contribution in [2.24, 2.45) is 0 Å². The molecule has 3 aromatic rings. The van der Waals surface area contributed by atoms with Gasteiger partial charge in [-0.3, -0.25) is 14.5 Å². The van der Waals surface area contributed by atoms with E-state index in [4.69, 9.17) is 13.9 Å². The Kier molecular flexibility index (Phi) is 6.93. The van der Waals surface area contributed by atoms with Crippen molar-refractivity contribution in [2.75, 3.05) is 18.1 Å². The van der Waals surface area contributed by atoms with Crippen LogP contribution in [0.2, 0.25) is 0 Å². The Hall–Kier alpha value is -4.00. The van der Waals surface area contributed by atoms with Crippen LogP contribution in [0.3, 0.4) is 0 Å². The number of carbonyl (C=O) groups excluding carboxylic acids is 2. The predicted octanol–water partition coefficient (Wildman–Crippen LogP) is 6.00. The van der Waals surface area contributed by atoms with E-state index in [1.807, 2.05) is 40.7 Å². The number of aliphatic hydroxyl groups is 1. The third kappa shape index (κ3) is 4.61. The van der Waals surface area contributed by atoms with Crippen molar-refractivity contribution in [1.29, 1.82) is 0 Å². The monoisotopic (exact) mass is 489 g/mol. The van der Waals surface area contributed by atoms with Crippen molar-refractivity contribution < 1.29 is 28.6 Å². The van der Waals surface area contributed by atoms with Crippen LogP contribution in [0.25, 0.3) is 5.76 Å². The van der Waals surface area contributed by atoms with Crippen LogP contribution in [0.15, 0.2) is 70.9 Å². The van der Waals surface area contributed by atoms with Gasteiger partial charge >= 0.3 is 0 Å². The molecule has 36 heavy (non-hydrogen) atoms. The number of nitrogens with zero attached hydrogens (tertiary/aromatic N) is 1. The molecule has 0 radical (unpaired) electrons. The number of anilines is 1. The van der Waals surface area contributed by atoms with E-state index < -0.39 is 17.7 Å². The molecule has 1 N–H and O–H groups in total. The number of hydrogen-bond donors (Lipinski definition) is 1. The highest BCUT2D eigenvalue weighted by Crippen LogP contribution is 2.43. The summed E-state index contributed by atoms with van der Waals surface area (Å²) in [5.74, 6) is -0.0723. The molecule has 1 aliphatic rings. The number of amides is 1. The van der Waals surface area contributed by atoms with Gasteiger partial charge < -0.3 is 19.0 Å². The molecule has 2 aromatic carbocycles. The van der Waals surface area contributed by atoms with Gasteiger partial charge in [-0.05, 0) is 73.9 Å². The number of aliphatic hydroxyl groups excluding tert-OH is 1. The quantitative estimate of drug-likeness (QED) is 0.249. The normalized spacial score (nSPS) is 17.5. The largest absolute Gasteiger partial charge is 0.507 e. The van der Waals surface area contributed by atoms with Crippen LogP contribution in [0.1, 0.15) is 57.5 Å². The van der Waals surface area contributed by atoms with E-state index in [-0.39, 0.29) is 16.7 Å². The van der Waals surface area contributed by atoms with Crippen LogP contribution in [-0.2, 0) is 15.0 Å². The molecule has 1 unspecified atom stereocenters. The predicted molar refractivity (Wildman–Crippen MR) is 137 cm³/mol. The zero-order valence-electron chi connectivity index (χ0n) is 21.2. The number of rotatable bonds is 7. The first-order valence-corrected chi connectivity index (χ1v) is 12.0. The Labute approximate surface area is 210 Å². The molecule has 0 bridgehead atoms. The molecule has 0 saturated carbocycles. The summed E-state index contributed by atoms with van der Waals surface area (Å²) >= 11 is 0. The standard InChI is InChI=1S/C29H31NO6/c1-6-34-20-13-11-19(12-14-20)30-25(23-9-8-16-36-23)24(27(32)28(30)33)26(31)18-10-15-22(35-7-2)21(17-18)29(3,4)5/h8-17,25,31H,6-7H2,1-5H3/b26-24-. The van der Waals surface area contributed by atoms with Crippen molar-refractivity contribution in [3.63, 3.8) is 0 Å². The van der Waals surface area contributed by atoms with E-state index in [0.29, 0.717) is 41.7 Å². The molecule has 0 aliphatic carbocycles. The molecule has 1 amide bonds. The minimum absolute atomic E-state index is 0.0344. The second-order valence-corrected chi connectivity index (χ2v) is 9.51. The maximum atomic E-state index is 13.3. The van der Waals surface area contributed by atoms with E-state index in [9.17, 15) is 14.7 Å². The lowest BCUT2D eigenvalue weighted by Gasteiger charge is -2.25. The fraction of sp³-hybridized carbons (Fsp3) is 0.310. The Morgan fingerprint density at radius 1 is 1.00 bits per heavy atom. The van der Waals surface area contributed by atoms with Crippen LogP contribution in [0.4, 0.5) is 5.69 Å². The fourth-order valence-corrected chi connectivity index (χ4v) is 4.38. The summed E-state index contributed by atoms with van der Waals surface area (Å²) in [5.41, 5.74) is 1.47. The van der Waals surface area contributed by atoms with Crippen LogP contribution >= 0.6 is 0 Å². The zero-order chi connectivity index (χ0) is 26.0. The Morgan fingerprint density at radius 2 is 1.69 bits per heavy atom. The maximum absolute atomic E-state index is 13.3. The lowest BCUT2D eigenvalue weighted by atomic mass is 9.84. The average molecular weight is 490 g/mol. The summed E-state index contributed by atoms with van der Waals surface area (Å²) < 4.78 is 16.9. The molecule has 4 rings (SSSR count). The van der Waals surface area contributed by atoms with Crippen molar-refractivity contribution in [3.05, 3.63) is 83.3 Å². The summed E-state index contributed by atoms with van der Waals surface area (Å²) in [5, 5.41) is 11.4. The number of carbonyl (C=O) groups is 2. The SMILES string of the molecule is CCOc1ccc(N2C(=O)C(=O)/C(=C(\O)c3ccc(OCC)c(C(C)(C)C)c3)C2c2ccco2)cc1. The number of Topliss-reactive ketones (excluding diaryl/α,β-unsaturated/α-hetero) is 1. The Bertz CT molecular complexity index is 1280. The van der Waals surface area contributed by atoms with Gasteiger partial charge in [0.15, 0.2) is 0 Å². The Balaban J connectivity index is 1.87. The molecular formula is C29H31NO6. The van der Waals surface area contributed by atoms with E-state index in [2.05, 4.69) is 0 Å². The molecule has 2 heterocycles. The van der Waals surface area contributed by atoms with E-state index in [1.165, 1.54) is 11.2 Å². The number of furan rings is 1. The van der Waals surface area contributed by atoms with Crippen LogP contribution in [0, 0.1) is 0 Å². The lowest BCUT2D eigenvalue weighted by molar-refractivity contribution is -0.132. The molecular weight excluding hydrogens is 458 g/mol. The highest BCUT2D eigenvalue weighted by molar-refractivity contribution is 6.51. The molecule has 1 fully saturated rings. The minimum Gasteiger partial charge on any atom is -0.507 e.